The number of ether oxygens (including phenoxy) is 1. The Morgan fingerprint density at radius 2 is 2.07 bits per heavy atom. The molecule has 0 amide bonds. The van der Waals surface area contributed by atoms with E-state index in [0.717, 1.165) is 42.3 Å². The molecule has 0 aliphatic carbocycles. The third kappa shape index (κ3) is 4.07. The highest BCUT2D eigenvalue weighted by molar-refractivity contribution is 5.59. The zero-order valence-corrected chi connectivity index (χ0v) is 15.6. The first-order chi connectivity index (χ1) is 13.1. The average Bonchev–Trinajstić information content (AvgIpc) is 2.99. The summed E-state index contributed by atoms with van der Waals surface area (Å²) in [5.41, 5.74) is 4.71. The maximum Gasteiger partial charge on any atom is 0.123 e. The predicted octanol–water partition coefficient (Wildman–Crippen LogP) is 3.50. The second-order valence-electron chi connectivity index (χ2n) is 6.97. The van der Waals surface area contributed by atoms with Crippen molar-refractivity contribution in [3.05, 3.63) is 71.4 Å². The van der Waals surface area contributed by atoms with Gasteiger partial charge in [0.1, 0.15) is 11.9 Å². The summed E-state index contributed by atoms with van der Waals surface area (Å²) in [5.74, 6) is -0.258. The molecule has 5 nitrogen and oxygen atoms in total. The van der Waals surface area contributed by atoms with Gasteiger partial charge in [-0.25, -0.2) is 4.39 Å². The summed E-state index contributed by atoms with van der Waals surface area (Å²) in [5, 5.41) is 4.42. The van der Waals surface area contributed by atoms with Gasteiger partial charge >= 0.3 is 0 Å². The molecular weight excluding hydrogens is 343 g/mol. The minimum atomic E-state index is -0.258. The van der Waals surface area contributed by atoms with E-state index >= 15 is 0 Å². The van der Waals surface area contributed by atoms with E-state index in [1.54, 1.807) is 6.07 Å². The fourth-order valence-corrected chi connectivity index (χ4v) is 3.51. The number of halogens is 1. The highest BCUT2D eigenvalue weighted by Crippen LogP contribution is 2.25. The normalized spacial score (nSPS) is 18.0. The van der Waals surface area contributed by atoms with E-state index in [2.05, 4.69) is 16.2 Å². The van der Waals surface area contributed by atoms with Crippen molar-refractivity contribution in [2.24, 2.45) is 7.05 Å². The van der Waals surface area contributed by atoms with Gasteiger partial charge in [-0.15, -0.1) is 0 Å². The van der Waals surface area contributed by atoms with E-state index in [9.17, 15) is 4.39 Å². The second-order valence-corrected chi connectivity index (χ2v) is 6.97. The van der Waals surface area contributed by atoms with Gasteiger partial charge in [-0.05, 0) is 31.2 Å². The van der Waals surface area contributed by atoms with Crippen molar-refractivity contribution in [2.45, 2.75) is 19.6 Å². The third-order valence-electron chi connectivity index (χ3n) is 4.88. The van der Waals surface area contributed by atoms with Crippen molar-refractivity contribution in [1.82, 2.24) is 19.7 Å². The fourth-order valence-electron chi connectivity index (χ4n) is 3.51. The minimum absolute atomic E-state index is 0.0933. The van der Waals surface area contributed by atoms with Crippen molar-refractivity contribution in [3.8, 4) is 11.3 Å². The molecule has 27 heavy (non-hydrogen) atoms. The number of nitrogens with zero attached hydrogens (tertiary/aromatic N) is 4. The number of aryl methyl sites for hydroxylation is 2. The third-order valence-corrected chi connectivity index (χ3v) is 4.88. The van der Waals surface area contributed by atoms with Crippen molar-refractivity contribution in [1.29, 1.82) is 0 Å². The Hall–Kier alpha value is -2.57. The Morgan fingerprint density at radius 3 is 2.85 bits per heavy atom. The number of pyridine rings is 1. The van der Waals surface area contributed by atoms with Crippen molar-refractivity contribution in [3.63, 3.8) is 0 Å². The molecule has 3 aromatic rings. The van der Waals surface area contributed by atoms with Gasteiger partial charge in [-0.1, -0.05) is 18.2 Å². The van der Waals surface area contributed by atoms with Gasteiger partial charge < -0.3 is 4.74 Å². The molecule has 140 valence electrons. The molecule has 0 unspecified atom stereocenters. The molecule has 1 fully saturated rings. The summed E-state index contributed by atoms with van der Waals surface area (Å²) in [6, 6.07) is 12.4. The molecule has 3 heterocycles. The predicted molar refractivity (Wildman–Crippen MR) is 102 cm³/mol. The van der Waals surface area contributed by atoms with Crippen LogP contribution in [0.15, 0.2) is 48.7 Å². The number of benzene rings is 1. The second kappa shape index (κ2) is 7.58. The van der Waals surface area contributed by atoms with Gasteiger partial charge in [-0.2, -0.15) is 5.10 Å². The standard InChI is InChI=1S/C21H23FN4O/c1-15-17(12-25(2)24-15)13-26-9-10-27-21(14-26)20-8-4-7-19(23-20)16-5-3-6-18(22)11-16/h3-8,11-12,21H,9-10,13-14H2,1-2H3/t21-/m0/s1. The summed E-state index contributed by atoms with van der Waals surface area (Å²) >= 11 is 0. The lowest BCUT2D eigenvalue weighted by atomic mass is 10.1. The van der Waals surface area contributed by atoms with Gasteiger partial charge in [0.2, 0.25) is 0 Å². The largest absolute Gasteiger partial charge is 0.369 e. The molecule has 1 saturated heterocycles. The van der Waals surface area contributed by atoms with Crippen molar-refractivity contribution < 1.29 is 9.13 Å². The first kappa shape index (κ1) is 17.8. The Balaban J connectivity index is 1.51. The molecular formula is C21H23FN4O. The van der Waals surface area contributed by atoms with Crippen LogP contribution < -0.4 is 0 Å². The lowest BCUT2D eigenvalue weighted by Crippen LogP contribution is -2.38. The van der Waals surface area contributed by atoms with E-state index in [-0.39, 0.29) is 11.9 Å². The maximum absolute atomic E-state index is 13.5. The molecule has 0 spiro atoms. The Morgan fingerprint density at radius 1 is 1.22 bits per heavy atom. The van der Waals surface area contributed by atoms with Gasteiger partial charge in [-0.3, -0.25) is 14.6 Å². The van der Waals surface area contributed by atoms with Crippen LogP contribution in [-0.4, -0.2) is 39.4 Å². The lowest BCUT2D eigenvalue weighted by Gasteiger charge is -2.32. The van der Waals surface area contributed by atoms with Crippen LogP contribution in [-0.2, 0) is 18.3 Å². The van der Waals surface area contributed by atoms with Crippen LogP contribution in [0.1, 0.15) is 23.1 Å². The zero-order valence-electron chi connectivity index (χ0n) is 15.6. The van der Waals surface area contributed by atoms with Crippen LogP contribution in [0.2, 0.25) is 0 Å². The Labute approximate surface area is 158 Å². The average molecular weight is 366 g/mol. The number of rotatable bonds is 4. The molecule has 2 aromatic heterocycles. The number of aromatic nitrogens is 3. The van der Waals surface area contributed by atoms with E-state index in [0.29, 0.717) is 6.61 Å². The monoisotopic (exact) mass is 366 g/mol. The molecule has 1 aromatic carbocycles. The van der Waals surface area contributed by atoms with Crippen LogP contribution >= 0.6 is 0 Å². The zero-order chi connectivity index (χ0) is 18.8. The molecule has 6 heteroatoms. The summed E-state index contributed by atoms with van der Waals surface area (Å²) < 4.78 is 21.4. The highest BCUT2D eigenvalue weighted by Gasteiger charge is 2.24. The SMILES string of the molecule is Cc1nn(C)cc1CN1CCO[C@H](c2cccc(-c3cccc(F)c3)n2)C1. The summed E-state index contributed by atoms with van der Waals surface area (Å²) in [6.45, 7) is 5.21. The van der Waals surface area contributed by atoms with Crippen LogP contribution in [0.5, 0.6) is 0 Å². The molecule has 1 atom stereocenters. The number of hydrogen-bond acceptors (Lipinski definition) is 4. The van der Waals surface area contributed by atoms with Crippen LogP contribution in [0.3, 0.4) is 0 Å². The topological polar surface area (TPSA) is 43.2 Å². The van der Waals surface area contributed by atoms with Crippen molar-refractivity contribution in [2.75, 3.05) is 19.7 Å². The highest BCUT2D eigenvalue weighted by atomic mass is 19.1. The van der Waals surface area contributed by atoms with Gasteiger partial charge in [0, 0.05) is 44.0 Å². The van der Waals surface area contributed by atoms with Crippen LogP contribution in [0.25, 0.3) is 11.3 Å². The molecule has 0 radical (unpaired) electrons. The first-order valence-corrected chi connectivity index (χ1v) is 9.14. The number of morpholine rings is 1. The summed E-state index contributed by atoms with van der Waals surface area (Å²) in [6.07, 6.45) is 1.98. The van der Waals surface area contributed by atoms with E-state index < -0.39 is 0 Å². The number of hydrogen-bond donors (Lipinski definition) is 0. The molecule has 1 aliphatic heterocycles. The van der Waals surface area contributed by atoms with Crippen LogP contribution in [0, 0.1) is 12.7 Å². The molecule has 0 bridgehead atoms. The van der Waals surface area contributed by atoms with Gasteiger partial charge in [0.05, 0.1) is 23.7 Å². The summed E-state index contributed by atoms with van der Waals surface area (Å²) in [4.78, 5) is 7.11. The Bertz CT molecular complexity index is 939. The minimum Gasteiger partial charge on any atom is -0.369 e. The molecule has 1 aliphatic rings. The van der Waals surface area contributed by atoms with Crippen molar-refractivity contribution >= 4 is 0 Å². The molecule has 0 N–H and O–H groups in total. The quantitative estimate of drug-likeness (QED) is 0.709. The Kier molecular flexibility index (Phi) is 5.01. The first-order valence-electron chi connectivity index (χ1n) is 9.14. The summed E-state index contributed by atoms with van der Waals surface area (Å²) in [7, 11) is 1.94. The smallest absolute Gasteiger partial charge is 0.123 e. The van der Waals surface area contributed by atoms with E-state index in [1.165, 1.54) is 17.7 Å². The van der Waals surface area contributed by atoms with Gasteiger partial charge in [0.25, 0.3) is 0 Å². The molecule has 4 rings (SSSR count). The molecule has 0 saturated carbocycles. The fraction of sp³-hybridized carbons (Fsp3) is 0.333. The lowest BCUT2D eigenvalue weighted by molar-refractivity contribution is -0.0350. The van der Waals surface area contributed by atoms with Crippen LogP contribution in [0.4, 0.5) is 4.39 Å². The van der Waals surface area contributed by atoms with E-state index in [1.807, 2.05) is 42.9 Å². The van der Waals surface area contributed by atoms with E-state index in [4.69, 9.17) is 9.72 Å². The van der Waals surface area contributed by atoms with Gasteiger partial charge in [0.15, 0.2) is 0 Å². The maximum atomic E-state index is 13.5.